The first-order chi connectivity index (χ1) is 5.41. The van der Waals surface area contributed by atoms with Crippen LogP contribution in [0.2, 0.25) is 0 Å². The SMILES string of the molecule is CCCCCCCCSCC. The topological polar surface area (TPSA) is 0 Å². The van der Waals surface area contributed by atoms with Crippen molar-refractivity contribution in [3.8, 4) is 0 Å². The van der Waals surface area contributed by atoms with Gasteiger partial charge in [-0.1, -0.05) is 46.0 Å². The Hall–Kier alpha value is 0.350. The fourth-order valence-corrected chi connectivity index (χ4v) is 1.83. The lowest BCUT2D eigenvalue weighted by molar-refractivity contribution is 0.627. The third-order valence-corrected chi connectivity index (χ3v) is 2.83. The molecule has 0 nitrogen and oxygen atoms in total. The zero-order valence-electron chi connectivity index (χ0n) is 8.07. The Kier molecular flexibility index (Phi) is 10.7. The summed E-state index contributed by atoms with van der Waals surface area (Å²) in [6.07, 6.45) is 8.59. The Labute approximate surface area is 76.1 Å². The maximum Gasteiger partial charge on any atom is -0.00676 e. The molecule has 0 bridgehead atoms. The maximum atomic E-state index is 2.27. The quantitative estimate of drug-likeness (QED) is 0.499. The summed E-state index contributed by atoms with van der Waals surface area (Å²) < 4.78 is 0. The molecule has 0 amide bonds. The summed E-state index contributed by atoms with van der Waals surface area (Å²) in [4.78, 5) is 0. The van der Waals surface area contributed by atoms with E-state index in [2.05, 4.69) is 25.6 Å². The molecule has 0 N–H and O–H groups in total. The minimum Gasteiger partial charge on any atom is -0.162 e. The molecule has 0 saturated heterocycles. The standard InChI is InChI=1S/C10H22S/c1-3-5-6-7-8-9-10-11-4-2/h3-10H2,1-2H3. The highest BCUT2D eigenvalue weighted by Crippen LogP contribution is 2.08. The van der Waals surface area contributed by atoms with E-state index < -0.39 is 0 Å². The van der Waals surface area contributed by atoms with Gasteiger partial charge in [-0.15, -0.1) is 0 Å². The van der Waals surface area contributed by atoms with Crippen LogP contribution in [0.3, 0.4) is 0 Å². The summed E-state index contributed by atoms with van der Waals surface area (Å²) in [5.74, 6) is 2.66. The summed E-state index contributed by atoms with van der Waals surface area (Å²) in [6, 6.07) is 0. The van der Waals surface area contributed by atoms with Gasteiger partial charge in [0, 0.05) is 0 Å². The Morgan fingerprint density at radius 2 is 1.45 bits per heavy atom. The van der Waals surface area contributed by atoms with Crippen molar-refractivity contribution in [1.29, 1.82) is 0 Å². The Morgan fingerprint density at radius 1 is 0.818 bits per heavy atom. The van der Waals surface area contributed by atoms with Gasteiger partial charge in [0.05, 0.1) is 0 Å². The van der Waals surface area contributed by atoms with E-state index in [1.165, 1.54) is 50.0 Å². The van der Waals surface area contributed by atoms with E-state index in [1.807, 2.05) is 0 Å². The van der Waals surface area contributed by atoms with Crippen LogP contribution in [0.1, 0.15) is 52.4 Å². The predicted octanol–water partition coefficient (Wildman–Crippen LogP) is 4.10. The first kappa shape index (κ1) is 11.4. The average molecular weight is 174 g/mol. The number of unbranched alkanes of at least 4 members (excludes halogenated alkanes) is 5. The van der Waals surface area contributed by atoms with Crippen LogP contribution in [-0.4, -0.2) is 11.5 Å². The molecule has 0 aliphatic heterocycles. The predicted molar refractivity (Wildman–Crippen MR) is 56.4 cm³/mol. The zero-order chi connectivity index (χ0) is 8.36. The number of hydrogen-bond acceptors (Lipinski definition) is 1. The van der Waals surface area contributed by atoms with Crippen LogP contribution in [0.15, 0.2) is 0 Å². The van der Waals surface area contributed by atoms with E-state index in [1.54, 1.807) is 0 Å². The van der Waals surface area contributed by atoms with Gasteiger partial charge in [0.15, 0.2) is 0 Å². The van der Waals surface area contributed by atoms with E-state index in [0.29, 0.717) is 0 Å². The summed E-state index contributed by atoms with van der Waals surface area (Å²) in [7, 11) is 0. The van der Waals surface area contributed by atoms with Crippen molar-refractivity contribution in [2.24, 2.45) is 0 Å². The Balaban J connectivity index is 2.69. The smallest absolute Gasteiger partial charge is 0.00676 e. The van der Waals surface area contributed by atoms with Crippen LogP contribution >= 0.6 is 11.8 Å². The molecule has 0 fully saturated rings. The molecule has 0 radical (unpaired) electrons. The Bertz CT molecular complexity index is 53.9. The van der Waals surface area contributed by atoms with Gasteiger partial charge in [0.2, 0.25) is 0 Å². The van der Waals surface area contributed by atoms with Gasteiger partial charge < -0.3 is 0 Å². The first-order valence-corrected chi connectivity index (χ1v) is 6.15. The molecule has 0 aliphatic rings. The lowest BCUT2D eigenvalue weighted by Gasteiger charge is -1.99. The largest absolute Gasteiger partial charge is 0.162 e. The molecule has 11 heavy (non-hydrogen) atoms. The monoisotopic (exact) mass is 174 g/mol. The van der Waals surface area contributed by atoms with Crippen LogP contribution in [-0.2, 0) is 0 Å². The second-order valence-electron chi connectivity index (χ2n) is 2.96. The lowest BCUT2D eigenvalue weighted by Crippen LogP contribution is -1.82. The molecule has 0 aromatic heterocycles. The first-order valence-electron chi connectivity index (χ1n) is 4.99. The van der Waals surface area contributed by atoms with Crippen LogP contribution in [0.5, 0.6) is 0 Å². The van der Waals surface area contributed by atoms with Gasteiger partial charge >= 0.3 is 0 Å². The highest BCUT2D eigenvalue weighted by Gasteiger charge is 1.89. The summed E-state index contributed by atoms with van der Waals surface area (Å²) in [5, 5.41) is 0. The molecule has 0 unspecified atom stereocenters. The highest BCUT2D eigenvalue weighted by atomic mass is 32.2. The van der Waals surface area contributed by atoms with Crippen molar-refractivity contribution in [1.82, 2.24) is 0 Å². The third kappa shape index (κ3) is 10.4. The van der Waals surface area contributed by atoms with Gasteiger partial charge in [-0.3, -0.25) is 0 Å². The van der Waals surface area contributed by atoms with Gasteiger partial charge in [0.1, 0.15) is 0 Å². The van der Waals surface area contributed by atoms with Gasteiger partial charge in [-0.2, -0.15) is 11.8 Å². The molecular weight excluding hydrogens is 152 g/mol. The number of rotatable bonds is 8. The maximum absolute atomic E-state index is 2.27. The third-order valence-electron chi connectivity index (χ3n) is 1.85. The van der Waals surface area contributed by atoms with Crippen molar-refractivity contribution in [3.05, 3.63) is 0 Å². The minimum atomic E-state index is 1.29. The van der Waals surface area contributed by atoms with Crippen molar-refractivity contribution >= 4 is 11.8 Å². The van der Waals surface area contributed by atoms with Crippen molar-refractivity contribution in [2.45, 2.75) is 52.4 Å². The molecule has 0 saturated carbocycles. The number of thioether (sulfide) groups is 1. The molecule has 0 rings (SSSR count). The normalized spacial score (nSPS) is 10.4. The van der Waals surface area contributed by atoms with Crippen LogP contribution in [0.4, 0.5) is 0 Å². The van der Waals surface area contributed by atoms with E-state index in [4.69, 9.17) is 0 Å². The van der Waals surface area contributed by atoms with E-state index in [9.17, 15) is 0 Å². The summed E-state index contributed by atoms with van der Waals surface area (Å²) in [6.45, 7) is 4.51. The fraction of sp³-hybridized carbons (Fsp3) is 1.00. The van der Waals surface area contributed by atoms with Crippen LogP contribution < -0.4 is 0 Å². The molecule has 0 aliphatic carbocycles. The minimum absolute atomic E-state index is 1.29. The summed E-state index contributed by atoms with van der Waals surface area (Å²) in [5.41, 5.74) is 0. The van der Waals surface area contributed by atoms with Crippen LogP contribution in [0, 0.1) is 0 Å². The summed E-state index contributed by atoms with van der Waals surface area (Å²) >= 11 is 2.07. The highest BCUT2D eigenvalue weighted by molar-refractivity contribution is 7.99. The molecule has 0 atom stereocenters. The zero-order valence-corrected chi connectivity index (χ0v) is 8.88. The van der Waals surface area contributed by atoms with Crippen molar-refractivity contribution < 1.29 is 0 Å². The lowest BCUT2D eigenvalue weighted by atomic mass is 10.1. The molecule has 1 heteroatoms. The second-order valence-corrected chi connectivity index (χ2v) is 4.36. The van der Waals surface area contributed by atoms with Gasteiger partial charge in [-0.25, -0.2) is 0 Å². The van der Waals surface area contributed by atoms with Crippen molar-refractivity contribution in [3.63, 3.8) is 0 Å². The molecule has 0 spiro atoms. The molecule has 0 aromatic carbocycles. The van der Waals surface area contributed by atoms with Crippen molar-refractivity contribution in [2.75, 3.05) is 11.5 Å². The van der Waals surface area contributed by atoms with E-state index in [0.717, 1.165) is 0 Å². The van der Waals surface area contributed by atoms with Gasteiger partial charge in [0.25, 0.3) is 0 Å². The van der Waals surface area contributed by atoms with Crippen LogP contribution in [0.25, 0.3) is 0 Å². The molecule has 0 aromatic rings. The van der Waals surface area contributed by atoms with Gasteiger partial charge in [-0.05, 0) is 17.9 Å². The number of hydrogen-bond donors (Lipinski definition) is 0. The average Bonchev–Trinajstić information content (AvgIpc) is 2.03. The molecule has 0 heterocycles. The van der Waals surface area contributed by atoms with E-state index in [-0.39, 0.29) is 0 Å². The Morgan fingerprint density at radius 3 is 2.09 bits per heavy atom. The second kappa shape index (κ2) is 10.3. The van der Waals surface area contributed by atoms with E-state index >= 15 is 0 Å². The molecule has 68 valence electrons. The molecular formula is C10H22S. The fourth-order valence-electron chi connectivity index (χ4n) is 1.13.